The van der Waals surface area contributed by atoms with E-state index >= 15 is 0 Å². The fourth-order valence-corrected chi connectivity index (χ4v) is 2.17. The lowest BCUT2D eigenvalue weighted by Gasteiger charge is -2.09. The highest BCUT2D eigenvalue weighted by Gasteiger charge is 1.98. The molecule has 138 valence electrons. The van der Waals surface area contributed by atoms with Crippen LogP contribution < -0.4 is 10.5 Å². The van der Waals surface area contributed by atoms with Crippen LogP contribution in [0.3, 0.4) is 0 Å². The van der Waals surface area contributed by atoms with Crippen LogP contribution in [-0.4, -0.2) is 46.2 Å². The third kappa shape index (κ3) is 11.3. The monoisotopic (exact) mass is 339 g/mol. The second-order valence-corrected chi connectivity index (χ2v) is 5.64. The van der Waals surface area contributed by atoms with Crippen LogP contribution in [0, 0.1) is 0 Å². The minimum absolute atomic E-state index is 0.482. The number of nitrogen functional groups attached to an aromatic ring is 1. The average Bonchev–Trinajstić information content (AvgIpc) is 2.60. The van der Waals surface area contributed by atoms with Gasteiger partial charge in [0.25, 0.3) is 0 Å². The van der Waals surface area contributed by atoms with Gasteiger partial charge in [-0.2, -0.15) is 0 Å². The first-order valence-electron chi connectivity index (χ1n) is 9.05. The molecule has 1 rings (SSSR count). The average molecular weight is 339 g/mol. The maximum absolute atomic E-state index is 5.78. The minimum Gasteiger partial charge on any atom is -0.489 e. The first kappa shape index (κ1) is 20.7. The van der Waals surface area contributed by atoms with Crippen LogP contribution >= 0.6 is 0 Å². The lowest BCUT2D eigenvalue weighted by Crippen LogP contribution is -2.13. The van der Waals surface area contributed by atoms with Crippen molar-refractivity contribution >= 4 is 5.69 Å². The number of rotatable bonds is 16. The van der Waals surface area contributed by atoms with Crippen LogP contribution in [0.25, 0.3) is 0 Å². The molecular formula is C19H33NO4. The summed E-state index contributed by atoms with van der Waals surface area (Å²) >= 11 is 0. The Hall–Kier alpha value is -1.30. The van der Waals surface area contributed by atoms with Gasteiger partial charge in [0.2, 0.25) is 0 Å². The van der Waals surface area contributed by atoms with E-state index in [4.69, 9.17) is 24.7 Å². The molecule has 0 saturated carbocycles. The fourth-order valence-electron chi connectivity index (χ4n) is 2.17. The van der Waals surface area contributed by atoms with Crippen molar-refractivity contribution in [3.63, 3.8) is 0 Å². The zero-order valence-corrected chi connectivity index (χ0v) is 15.0. The zero-order chi connectivity index (χ0) is 17.3. The highest BCUT2D eigenvalue weighted by Crippen LogP contribution is 2.19. The van der Waals surface area contributed by atoms with E-state index < -0.39 is 0 Å². The Labute approximate surface area is 146 Å². The molecule has 0 aromatic heterocycles. The van der Waals surface area contributed by atoms with Crippen molar-refractivity contribution in [2.45, 2.75) is 39.0 Å². The Morgan fingerprint density at radius 3 is 1.96 bits per heavy atom. The molecule has 0 amide bonds. The van der Waals surface area contributed by atoms with Crippen LogP contribution in [-0.2, 0) is 14.2 Å². The summed E-state index contributed by atoms with van der Waals surface area (Å²) in [6, 6.07) is 7.44. The molecule has 5 nitrogen and oxygen atoms in total. The van der Waals surface area contributed by atoms with Crippen LogP contribution in [0.15, 0.2) is 24.3 Å². The smallest absolute Gasteiger partial charge is 0.142 e. The van der Waals surface area contributed by atoms with Crippen molar-refractivity contribution in [1.29, 1.82) is 0 Å². The minimum atomic E-state index is 0.482. The number of nitrogens with two attached hydrogens (primary N) is 1. The molecule has 5 heteroatoms. The van der Waals surface area contributed by atoms with E-state index in [1.165, 1.54) is 25.7 Å². The SMILES string of the molecule is CCCCCCCOCCOCCOCCOc1ccccc1N. The van der Waals surface area contributed by atoms with Crippen LogP contribution in [0.5, 0.6) is 5.75 Å². The molecule has 1 aromatic rings. The number of para-hydroxylation sites is 2. The van der Waals surface area contributed by atoms with Crippen molar-refractivity contribution in [2.24, 2.45) is 0 Å². The number of anilines is 1. The van der Waals surface area contributed by atoms with Crippen LogP contribution in [0.4, 0.5) is 5.69 Å². The summed E-state index contributed by atoms with van der Waals surface area (Å²) in [6.45, 7) is 6.48. The standard InChI is InChI=1S/C19H33NO4/c1-2-3-4-5-8-11-21-12-13-22-14-15-23-16-17-24-19-10-7-6-9-18(19)20/h6-7,9-10H,2-5,8,11-17,20H2,1H3. The Balaban J connectivity index is 1.77. The van der Waals surface area contributed by atoms with Gasteiger partial charge in [0.05, 0.1) is 38.7 Å². The van der Waals surface area contributed by atoms with Gasteiger partial charge in [-0.15, -0.1) is 0 Å². The summed E-state index contributed by atoms with van der Waals surface area (Å²) in [5.41, 5.74) is 6.43. The first-order valence-corrected chi connectivity index (χ1v) is 9.05. The van der Waals surface area contributed by atoms with E-state index in [0.29, 0.717) is 51.1 Å². The second-order valence-electron chi connectivity index (χ2n) is 5.64. The van der Waals surface area contributed by atoms with Gasteiger partial charge in [0.1, 0.15) is 12.4 Å². The largest absolute Gasteiger partial charge is 0.489 e. The second kappa shape index (κ2) is 15.2. The third-order valence-corrected chi connectivity index (χ3v) is 3.54. The van der Waals surface area contributed by atoms with Crippen molar-refractivity contribution in [1.82, 2.24) is 0 Å². The van der Waals surface area contributed by atoms with Gasteiger partial charge in [-0.3, -0.25) is 0 Å². The molecule has 0 bridgehead atoms. The van der Waals surface area contributed by atoms with Crippen LogP contribution in [0.1, 0.15) is 39.0 Å². The predicted octanol–water partition coefficient (Wildman–Crippen LogP) is 3.67. The summed E-state index contributed by atoms with van der Waals surface area (Å²) in [5.74, 6) is 0.698. The molecule has 0 fully saturated rings. The van der Waals surface area contributed by atoms with Gasteiger partial charge in [-0.05, 0) is 18.6 Å². The molecule has 24 heavy (non-hydrogen) atoms. The van der Waals surface area contributed by atoms with E-state index in [1.807, 2.05) is 24.3 Å². The van der Waals surface area contributed by atoms with E-state index in [9.17, 15) is 0 Å². The van der Waals surface area contributed by atoms with Gasteiger partial charge < -0.3 is 24.7 Å². The quantitative estimate of drug-likeness (QED) is 0.368. The molecule has 0 aliphatic rings. The topological polar surface area (TPSA) is 62.9 Å². The number of hydrogen-bond donors (Lipinski definition) is 1. The van der Waals surface area contributed by atoms with Crippen molar-refractivity contribution in [2.75, 3.05) is 52.0 Å². The summed E-state index contributed by atoms with van der Waals surface area (Å²) in [4.78, 5) is 0. The molecule has 0 saturated heterocycles. The summed E-state index contributed by atoms with van der Waals surface area (Å²) < 4.78 is 22.0. The molecule has 0 radical (unpaired) electrons. The lowest BCUT2D eigenvalue weighted by atomic mass is 10.2. The molecule has 0 heterocycles. The number of benzene rings is 1. The van der Waals surface area contributed by atoms with Crippen molar-refractivity contribution in [3.05, 3.63) is 24.3 Å². The highest BCUT2D eigenvalue weighted by atomic mass is 16.6. The fraction of sp³-hybridized carbons (Fsp3) is 0.684. The molecular weight excluding hydrogens is 306 g/mol. The molecule has 0 spiro atoms. The van der Waals surface area contributed by atoms with Crippen LogP contribution in [0.2, 0.25) is 0 Å². The molecule has 0 atom stereocenters. The van der Waals surface area contributed by atoms with E-state index in [0.717, 1.165) is 13.0 Å². The number of ether oxygens (including phenoxy) is 4. The summed E-state index contributed by atoms with van der Waals surface area (Å²) in [5, 5.41) is 0. The molecule has 1 aromatic carbocycles. The van der Waals surface area contributed by atoms with Gasteiger partial charge in [0.15, 0.2) is 0 Å². The predicted molar refractivity (Wildman–Crippen MR) is 97.6 cm³/mol. The Bertz CT molecular complexity index is 401. The Kier molecular flexibility index (Phi) is 13.2. The molecule has 0 aliphatic heterocycles. The summed E-state index contributed by atoms with van der Waals surface area (Å²) in [7, 11) is 0. The number of unbranched alkanes of at least 4 members (excludes halogenated alkanes) is 4. The maximum Gasteiger partial charge on any atom is 0.142 e. The maximum atomic E-state index is 5.78. The first-order chi connectivity index (χ1) is 11.8. The highest BCUT2D eigenvalue weighted by molar-refractivity contribution is 5.51. The van der Waals surface area contributed by atoms with E-state index in [2.05, 4.69) is 6.92 Å². The van der Waals surface area contributed by atoms with Crippen molar-refractivity contribution in [3.8, 4) is 5.75 Å². The zero-order valence-electron chi connectivity index (χ0n) is 15.0. The van der Waals surface area contributed by atoms with E-state index in [1.54, 1.807) is 0 Å². The third-order valence-electron chi connectivity index (χ3n) is 3.54. The van der Waals surface area contributed by atoms with Gasteiger partial charge in [0, 0.05) is 6.61 Å². The van der Waals surface area contributed by atoms with Gasteiger partial charge in [-0.1, -0.05) is 44.7 Å². The van der Waals surface area contributed by atoms with E-state index in [-0.39, 0.29) is 0 Å². The molecule has 2 N–H and O–H groups in total. The van der Waals surface area contributed by atoms with Crippen molar-refractivity contribution < 1.29 is 18.9 Å². The lowest BCUT2D eigenvalue weighted by molar-refractivity contribution is 0.00882. The number of hydrogen-bond acceptors (Lipinski definition) is 5. The summed E-state index contributed by atoms with van der Waals surface area (Å²) in [6.07, 6.45) is 6.33. The van der Waals surface area contributed by atoms with Gasteiger partial charge >= 0.3 is 0 Å². The Morgan fingerprint density at radius 1 is 0.708 bits per heavy atom. The van der Waals surface area contributed by atoms with Gasteiger partial charge in [-0.25, -0.2) is 0 Å². The Morgan fingerprint density at radius 2 is 1.29 bits per heavy atom. The normalized spacial score (nSPS) is 10.9. The molecule has 0 unspecified atom stereocenters. The molecule has 0 aliphatic carbocycles.